The quantitative estimate of drug-likeness (QED) is 0.544. The highest BCUT2D eigenvalue weighted by Gasteiger charge is 1.98. The molecule has 0 spiro atoms. The average Bonchev–Trinajstić information content (AvgIpc) is 2.15. The largest absolute Gasteiger partial charge is 0.513 e. The fourth-order valence-electron chi connectivity index (χ4n) is 0.654. The van der Waals surface area contributed by atoms with Crippen LogP contribution >= 0.6 is 0 Å². The molecule has 0 aromatic heterocycles. The molecular formula is C7H12O3. The van der Waals surface area contributed by atoms with Crippen molar-refractivity contribution < 1.29 is 15.0 Å². The van der Waals surface area contributed by atoms with Crippen LogP contribution in [0, 0.1) is 0 Å². The normalized spacial score (nSPS) is 15.1. The third-order valence-electron chi connectivity index (χ3n) is 1.02. The molecule has 0 amide bonds. The van der Waals surface area contributed by atoms with Crippen molar-refractivity contribution in [1.82, 2.24) is 0 Å². The molecule has 0 aliphatic heterocycles. The first-order valence-electron chi connectivity index (χ1n) is 3.20. The van der Waals surface area contributed by atoms with Crippen LogP contribution in [0.25, 0.3) is 0 Å². The van der Waals surface area contributed by atoms with Crippen molar-refractivity contribution >= 4 is 5.97 Å². The van der Waals surface area contributed by atoms with Crippen molar-refractivity contribution in [1.29, 1.82) is 0 Å². The maximum atomic E-state index is 9.00. The van der Waals surface area contributed by atoms with Gasteiger partial charge in [0.2, 0.25) is 0 Å². The first-order valence-corrected chi connectivity index (χ1v) is 3.20. The first-order chi connectivity index (χ1) is 4.63. The number of hydrogen-bond acceptors (Lipinski definition) is 2. The SMILES string of the molecule is CC(=O)O.OC1=CCCC1. The second kappa shape index (κ2) is 4.85. The molecule has 0 atom stereocenters. The Balaban J connectivity index is 0.000000180. The van der Waals surface area contributed by atoms with Crippen LogP contribution in [0.3, 0.4) is 0 Å². The van der Waals surface area contributed by atoms with Crippen LogP contribution in [-0.2, 0) is 4.79 Å². The molecule has 0 aromatic carbocycles. The van der Waals surface area contributed by atoms with E-state index in [0.29, 0.717) is 5.76 Å². The Labute approximate surface area is 60.0 Å². The van der Waals surface area contributed by atoms with Crippen LogP contribution in [0.5, 0.6) is 0 Å². The summed E-state index contributed by atoms with van der Waals surface area (Å²) in [5, 5.41) is 16.0. The Morgan fingerprint density at radius 2 is 2.20 bits per heavy atom. The summed E-state index contributed by atoms with van der Waals surface area (Å²) < 4.78 is 0. The Morgan fingerprint density at radius 1 is 1.70 bits per heavy atom. The monoisotopic (exact) mass is 144 g/mol. The van der Waals surface area contributed by atoms with Crippen LogP contribution in [0.15, 0.2) is 11.8 Å². The van der Waals surface area contributed by atoms with Crippen LogP contribution in [0.2, 0.25) is 0 Å². The molecule has 1 rings (SSSR count). The van der Waals surface area contributed by atoms with Gasteiger partial charge in [-0.1, -0.05) is 0 Å². The van der Waals surface area contributed by atoms with Crippen molar-refractivity contribution in [3.05, 3.63) is 11.8 Å². The van der Waals surface area contributed by atoms with Crippen molar-refractivity contribution in [2.45, 2.75) is 26.2 Å². The smallest absolute Gasteiger partial charge is 0.300 e. The maximum Gasteiger partial charge on any atom is 0.300 e. The van der Waals surface area contributed by atoms with Gasteiger partial charge in [0, 0.05) is 13.3 Å². The zero-order valence-corrected chi connectivity index (χ0v) is 6.00. The fourth-order valence-corrected chi connectivity index (χ4v) is 0.654. The van der Waals surface area contributed by atoms with E-state index in [2.05, 4.69) is 0 Å². The number of carboxylic acids is 1. The van der Waals surface area contributed by atoms with Gasteiger partial charge < -0.3 is 10.2 Å². The number of allylic oxidation sites excluding steroid dienone is 2. The lowest BCUT2D eigenvalue weighted by molar-refractivity contribution is -0.134. The lowest BCUT2D eigenvalue weighted by Gasteiger charge is -1.80. The summed E-state index contributed by atoms with van der Waals surface area (Å²) in [7, 11) is 0. The van der Waals surface area contributed by atoms with Crippen LogP contribution < -0.4 is 0 Å². The lowest BCUT2D eigenvalue weighted by atomic mass is 10.4. The Morgan fingerprint density at radius 3 is 2.30 bits per heavy atom. The summed E-state index contributed by atoms with van der Waals surface area (Å²) in [5.74, 6) is -0.255. The molecule has 2 N–H and O–H groups in total. The van der Waals surface area contributed by atoms with Gasteiger partial charge in [0.25, 0.3) is 5.97 Å². The van der Waals surface area contributed by atoms with E-state index in [4.69, 9.17) is 15.0 Å². The van der Waals surface area contributed by atoms with Crippen LogP contribution in [0.1, 0.15) is 26.2 Å². The number of aliphatic hydroxyl groups excluding tert-OH is 1. The molecule has 0 bridgehead atoms. The molecule has 0 saturated carbocycles. The molecule has 1 aliphatic carbocycles. The van der Waals surface area contributed by atoms with E-state index in [0.717, 1.165) is 26.2 Å². The highest BCUT2D eigenvalue weighted by molar-refractivity contribution is 5.62. The van der Waals surface area contributed by atoms with Crippen molar-refractivity contribution in [3.8, 4) is 0 Å². The molecule has 0 aromatic rings. The minimum Gasteiger partial charge on any atom is -0.513 e. The molecule has 0 heterocycles. The average molecular weight is 144 g/mol. The minimum atomic E-state index is -0.833. The minimum absolute atomic E-state index is 0.579. The molecule has 0 unspecified atom stereocenters. The van der Waals surface area contributed by atoms with Gasteiger partial charge in [0.1, 0.15) is 0 Å². The molecular weight excluding hydrogens is 132 g/mol. The van der Waals surface area contributed by atoms with E-state index in [1.165, 1.54) is 0 Å². The summed E-state index contributed by atoms with van der Waals surface area (Å²) in [6, 6.07) is 0. The standard InChI is InChI=1S/C5H8O.C2H4O2/c6-5-3-1-2-4-5;1-2(3)4/h3,6H,1-2,4H2;1H3,(H,3,4). The fraction of sp³-hybridized carbons (Fsp3) is 0.571. The molecule has 0 saturated heterocycles. The number of hydrogen-bond donors (Lipinski definition) is 2. The molecule has 0 fully saturated rings. The molecule has 1 aliphatic rings. The molecule has 3 nitrogen and oxygen atoms in total. The van der Waals surface area contributed by atoms with Crippen molar-refractivity contribution in [2.75, 3.05) is 0 Å². The molecule has 58 valence electrons. The first kappa shape index (κ1) is 9.01. The number of aliphatic carboxylic acids is 1. The van der Waals surface area contributed by atoms with E-state index >= 15 is 0 Å². The van der Waals surface area contributed by atoms with E-state index in [-0.39, 0.29) is 0 Å². The van der Waals surface area contributed by atoms with E-state index in [9.17, 15) is 0 Å². The molecule has 3 heteroatoms. The Kier molecular flexibility index (Phi) is 4.37. The number of carbonyl (C=O) groups is 1. The third kappa shape index (κ3) is 7.01. The maximum absolute atomic E-state index is 9.00. The van der Waals surface area contributed by atoms with Crippen molar-refractivity contribution in [2.24, 2.45) is 0 Å². The zero-order valence-electron chi connectivity index (χ0n) is 6.00. The summed E-state index contributed by atoms with van der Waals surface area (Å²) in [5.41, 5.74) is 0. The predicted octanol–water partition coefficient (Wildman–Crippen LogP) is 1.70. The highest BCUT2D eigenvalue weighted by atomic mass is 16.4. The van der Waals surface area contributed by atoms with Gasteiger partial charge >= 0.3 is 0 Å². The van der Waals surface area contributed by atoms with Gasteiger partial charge in [-0.25, -0.2) is 0 Å². The van der Waals surface area contributed by atoms with E-state index in [1.54, 1.807) is 0 Å². The van der Waals surface area contributed by atoms with Gasteiger partial charge in [-0.2, -0.15) is 0 Å². The summed E-state index contributed by atoms with van der Waals surface area (Å²) in [6.45, 7) is 1.08. The summed E-state index contributed by atoms with van der Waals surface area (Å²) >= 11 is 0. The van der Waals surface area contributed by atoms with Crippen LogP contribution in [-0.4, -0.2) is 16.2 Å². The van der Waals surface area contributed by atoms with E-state index in [1.807, 2.05) is 6.08 Å². The predicted molar refractivity (Wildman–Crippen MR) is 37.9 cm³/mol. The van der Waals surface area contributed by atoms with Gasteiger partial charge in [-0.05, 0) is 18.9 Å². The second-order valence-electron chi connectivity index (χ2n) is 2.11. The van der Waals surface area contributed by atoms with Gasteiger partial charge in [0.15, 0.2) is 0 Å². The number of rotatable bonds is 0. The lowest BCUT2D eigenvalue weighted by Crippen LogP contribution is -1.78. The Bertz CT molecular complexity index is 134. The van der Waals surface area contributed by atoms with E-state index < -0.39 is 5.97 Å². The topological polar surface area (TPSA) is 57.5 Å². The molecule has 10 heavy (non-hydrogen) atoms. The Hall–Kier alpha value is -0.990. The van der Waals surface area contributed by atoms with Crippen LogP contribution in [0.4, 0.5) is 0 Å². The zero-order chi connectivity index (χ0) is 7.98. The summed E-state index contributed by atoms with van der Waals surface area (Å²) in [4.78, 5) is 9.00. The number of aliphatic hydroxyl groups is 1. The van der Waals surface area contributed by atoms with Gasteiger partial charge in [0.05, 0.1) is 5.76 Å². The molecule has 0 radical (unpaired) electrons. The second-order valence-corrected chi connectivity index (χ2v) is 2.11. The summed E-state index contributed by atoms with van der Waals surface area (Å²) in [6.07, 6.45) is 5.00. The highest BCUT2D eigenvalue weighted by Crippen LogP contribution is 2.13. The van der Waals surface area contributed by atoms with Gasteiger partial charge in [-0.15, -0.1) is 0 Å². The van der Waals surface area contributed by atoms with Crippen molar-refractivity contribution in [3.63, 3.8) is 0 Å². The van der Waals surface area contributed by atoms with Gasteiger partial charge in [-0.3, -0.25) is 4.79 Å². The third-order valence-corrected chi connectivity index (χ3v) is 1.02. The number of carboxylic acid groups (broad SMARTS) is 1.